The molecule has 4 nitrogen and oxygen atoms in total. The second kappa shape index (κ2) is 3.83. The lowest BCUT2D eigenvalue weighted by molar-refractivity contribution is -0.137. The minimum atomic E-state index is -4.43. The third-order valence-electron chi connectivity index (χ3n) is 2.34. The summed E-state index contributed by atoms with van der Waals surface area (Å²) < 4.78 is 46.9. The molecule has 0 spiro atoms. The van der Waals surface area contributed by atoms with Gasteiger partial charge in [-0.05, 0) is 12.1 Å². The first-order valence-corrected chi connectivity index (χ1v) is 4.68. The molecule has 1 heterocycles. The summed E-state index contributed by atoms with van der Waals surface area (Å²) in [6.07, 6.45) is -6.17. The highest BCUT2D eigenvalue weighted by Gasteiger charge is 2.34. The Balaban J connectivity index is 2.29. The molecular weight excluding hydrogens is 239 g/mol. The van der Waals surface area contributed by atoms with E-state index in [2.05, 4.69) is 0 Å². The van der Waals surface area contributed by atoms with Crippen molar-refractivity contribution in [2.75, 3.05) is 6.61 Å². The second-order valence-electron chi connectivity index (χ2n) is 3.49. The average molecular weight is 247 g/mol. The predicted octanol–water partition coefficient (Wildman–Crippen LogP) is 2.23. The van der Waals surface area contributed by atoms with Crippen LogP contribution < -0.4 is 10.5 Å². The number of hydrogen-bond acceptors (Lipinski definition) is 3. The second-order valence-corrected chi connectivity index (χ2v) is 3.49. The van der Waals surface area contributed by atoms with Crippen LogP contribution in [0.3, 0.4) is 0 Å². The maximum absolute atomic E-state index is 12.4. The number of carbonyl (C=O) groups excluding carboxylic acids is 1. The summed E-state index contributed by atoms with van der Waals surface area (Å²) in [7, 11) is 0. The van der Waals surface area contributed by atoms with Crippen LogP contribution in [0.25, 0.3) is 0 Å². The number of nitrogens with two attached hydrogens (primary N) is 1. The van der Waals surface area contributed by atoms with Gasteiger partial charge in [-0.15, -0.1) is 0 Å². The Labute approximate surface area is 94.1 Å². The summed E-state index contributed by atoms with van der Waals surface area (Å²) in [6.45, 7) is -0.0282. The van der Waals surface area contributed by atoms with E-state index in [0.29, 0.717) is 5.56 Å². The highest BCUT2D eigenvalue weighted by atomic mass is 19.4. The van der Waals surface area contributed by atoms with Crippen LogP contribution in [0.2, 0.25) is 0 Å². The Morgan fingerprint density at radius 2 is 2.18 bits per heavy atom. The highest BCUT2D eigenvalue weighted by molar-refractivity contribution is 5.65. The van der Waals surface area contributed by atoms with Gasteiger partial charge in [-0.3, -0.25) is 0 Å². The number of rotatable bonds is 1. The van der Waals surface area contributed by atoms with Gasteiger partial charge in [0.05, 0.1) is 5.56 Å². The van der Waals surface area contributed by atoms with Gasteiger partial charge in [-0.1, -0.05) is 6.07 Å². The van der Waals surface area contributed by atoms with E-state index in [1.54, 1.807) is 0 Å². The van der Waals surface area contributed by atoms with Crippen LogP contribution in [0.15, 0.2) is 18.2 Å². The molecule has 2 rings (SSSR count). The number of hydrogen-bond donors (Lipinski definition) is 1. The first kappa shape index (κ1) is 11.6. The number of primary amides is 1. The Morgan fingerprint density at radius 3 is 2.76 bits per heavy atom. The summed E-state index contributed by atoms with van der Waals surface area (Å²) in [5, 5.41) is 0. The van der Waals surface area contributed by atoms with Gasteiger partial charge in [0.15, 0.2) is 6.10 Å². The SMILES string of the molecule is NC(=O)O[C@@H]1COc2cc(C(F)(F)F)ccc21. The van der Waals surface area contributed by atoms with Crippen molar-refractivity contribution in [3.05, 3.63) is 29.3 Å². The van der Waals surface area contributed by atoms with E-state index >= 15 is 0 Å². The van der Waals surface area contributed by atoms with Gasteiger partial charge in [0.25, 0.3) is 0 Å². The zero-order chi connectivity index (χ0) is 12.6. The molecular formula is C10H8F3NO3. The van der Waals surface area contributed by atoms with Crippen molar-refractivity contribution in [3.63, 3.8) is 0 Å². The molecule has 1 amide bonds. The lowest BCUT2D eigenvalue weighted by Crippen LogP contribution is -2.18. The molecule has 1 aliphatic heterocycles. The molecule has 1 aliphatic rings. The number of ether oxygens (including phenoxy) is 2. The Morgan fingerprint density at radius 1 is 1.47 bits per heavy atom. The number of carbonyl (C=O) groups is 1. The van der Waals surface area contributed by atoms with E-state index in [1.165, 1.54) is 6.07 Å². The van der Waals surface area contributed by atoms with E-state index in [1.807, 2.05) is 0 Å². The Hall–Kier alpha value is -1.92. The minimum absolute atomic E-state index is 0.0282. The standard InChI is InChI=1S/C10H8F3NO3/c11-10(12,13)5-1-2-6-7(3-5)16-4-8(6)17-9(14)15/h1-3,8H,4H2,(H2,14,15)/t8-/m1/s1. The van der Waals surface area contributed by atoms with Crippen LogP contribution in [0, 0.1) is 0 Å². The summed E-state index contributed by atoms with van der Waals surface area (Å²) >= 11 is 0. The van der Waals surface area contributed by atoms with E-state index in [4.69, 9.17) is 15.2 Å². The lowest BCUT2D eigenvalue weighted by atomic mass is 10.1. The summed E-state index contributed by atoms with van der Waals surface area (Å²) in [5.74, 6) is 0.0612. The average Bonchev–Trinajstić information content (AvgIpc) is 2.59. The molecule has 7 heteroatoms. The van der Waals surface area contributed by atoms with Crippen molar-refractivity contribution in [2.45, 2.75) is 12.3 Å². The molecule has 1 aromatic rings. The van der Waals surface area contributed by atoms with Crippen LogP contribution in [0.5, 0.6) is 5.75 Å². The maximum atomic E-state index is 12.4. The minimum Gasteiger partial charge on any atom is -0.489 e. The van der Waals surface area contributed by atoms with Crippen molar-refractivity contribution in [3.8, 4) is 5.75 Å². The van der Waals surface area contributed by atoms with Gasteiger partial charge in [-0.2, -0.15) is 13.2 Å². The van der Waals surface area contributed by atoms with Gasteiger partial charge in [0.1, 0.15) is 12.4 Å². The van der Waals surface area contributed by atoms with Crippen LogP contribution >= 0.6 is 0 Å². The van der Waals surface area contributed by atoms with E-state index < -0.39 is 23.9 Å². The molecule has 0 fully saturated rings. The quantitative estimate of drug-likeness (QED) is 0.827. The van der Waals surface area contributed by atoms with Crippen molar-refractivity contribution in [1.29, 1.82) is 0 Å². The number of fused-ring (bicyclic) bond motifs is 1. The fourth-order valence-corrected chi connectivity index (χ4v) is 1.59. The van der Waals surface area contributed by atoms with Crippen LogP contribution in [0.1, 0.15) is 17.2 Å². The zero-order valence-corrected chi connectivity index (χ0v) is 8.45. The smallest absolute Gasteiger partial charge is 0.416 e. The zero-order valence-electron chi connectivity index (χ0n) is 8.45. The summed E-state index contributed by atoms with van der Waals surface area (Å²) in [6, 6.07) is 3.00. The molecule has 92 valence electrons. The molecule has 0 saturated heterocycles. The molecule has 0 aromatic heterocycles. The van der Waals surface area contributed by atoms with Crippen molar-refractivity contribution in [1.82, 2.24) is 0 Å². The fourth-order valence-electron chi connectivity index (χ4n) is 1.59. The van der Waals surface area contributed by atoms with Gasteiger partial charge < -0.3 is 15.2 Å². The topological polar surface area (TPSA) is 61.6 Å². The Bertz CT molecular complexity index is 459. The van der Waals surface area contributed by atoms with Gasteiger partial charge >= 0.3 is 12.3 Å². The summed E-state index contributed by atoms with van der Waals surface area (Å²) in [4.78, 5) is 10.6. The largest absolute Gasteiger partial charge is 0.489 e. The monoisotopic (exact) mass is 247 g/mol. The molecule has 0 bridgehead atoms. The molecule has 17 heavy (non-hydrogen) atoms. The van der Waals surface area contributed by atoms with Crippen molar-refractivity contribution >= 4 is 6.09 Å². The van der Waals surface area contributed by atoms with Crippen LogP contribution in [0.4, 0.5) is 18.0 Å². The molecule has 0 saturated carbocycles. The first-order chi connectivity index (χ1) is 7.88. The van der Waals surface area contributed by atoms with Crippen LogP contribution in [-0.4, -0.2) is 12.7 Å². The fraction of sp³-hybridized carbons (Fsp3) is 0.300. The summed E-state index contributed by atoms with van der Waals surface area (Å²) in [5.41, 5.74) is 4.41. The molecule has 1 aromatic carbocycles. The highest BCUT2D eigenvalue weighted by Crippen LogP contribution is 2.39. The molecule has 2 N–H and O–H groups in total. The van der Waals surface area contributed by atoms with E-state index in [-0.39, 0.29) is 12.4 Å². The van der Waals surface area contributed by atoms with Gasteiger partial charge in [-0.25, -0.2) is 4.79 Å². The third-order valence-corrected chi connectivity index (χ3v) is 2.34. The van der Waals surface area contributed by atoms with Gasteiger partial charge in [0.2, 0.25) is 0 Å². The number of alkyl halides is 3. The van der Waals surface area contributed by atoms with Crippen molar-refractivity contribution < 1.29 is 27.4 Å². The molecule has 0 unspecified atom stereocenters. The third kappa shape index (κ3) is 2.27. The lowest BCUT2D eigenvalue weighted by Gasteiger charge is -2.10. The molecule has 0 radical (unpaired) electrons. The number of benzene rings is 1. The van der Waals surface area contributed by atoms with E-state index in [9.17, 15) is 18.0 Å². The van der Waals surface area contributed by atoms with Gasteiger partial charge in [0, 0.05) is 5.56 Å². The molecule has 1 atom stereocenters. The number of halogens is 3. The normalized spacial score (nSPS) is 18.4. The Kier molecular flexibility index (Phi) is 2.60. The first-order valence-electron chi connectivity index (χ1n) is 4.68. The molecule has 0 aliphatic carbocycles. The van der Waals surface area contributed by atoms with Crippen molar-refractivity contribution in [2.24, 2.45) is 5.73 Å². The van der Waals surface area contributed by atoms with Crippen LogP contribution in [-0.2, 0) is 10.9 Å². The predicted molar refractivity (Wildman–Crippen MR) is 50.3 cm³/mol. The maximum Gasteiger partial charge on any atom is 0.416 e. The number of amides is 1. The van der Waals surface area contributed by atoms with E-state index in [0.717, 1.165) is 12.1 Å².